The van der Waals surface area contributed by atoms with Gasteiger partial charge in [0.15, 0.2) is 0 Å². The topological polar surface area (TPSA) is 43.1 Å². The molecule has 0 saturated carbocycles. The van der Waals surface area contributed by atoms with E-state index < -0.39 is 4.92 Å². The van der Waals surface area contributed by atoms with E-state index in [1.165, 1.54) is 6.07 Å². The molecule has 0 fully saturated rings. The first-order valence-corrected chi connectivity index (χ1v) is 8.23. The lowest BCUT2D eigenvalue weighted by atomic mass is 10.1. The van der Waals surface area contributed by atoms with Gasteiger partial charge >= 0.3 is 0 Å². The molecule has 26 heavy (non-hydrogen) atoms. The second kappa shape index (κ2) is 8.07. The Morgan fingerprint density at radius 2 is 1.31 bits per heavy atom. The van der Waals surface area contributed by atoms with Crippen LogP contribution in [0.5, 0.6) is 0 Å². The Balaban J connectivity index is 1.92. The molecule has 0 amide bonds. The summed E-state index contributed by atoms with van der Waals surface area (Å²) in [6.45, 7) is 0. The predicted molar refractivity (Wildman–Crippen MR) is 105 cm³/mol. The van der Waals surface area contributed by atoms with Crippen molar-refractivity contribution < 1.29 is 4.92 Å². The zero-order valence-electron chi connectivity index (χ0n) is 13.6. The van der Waals surface area contributed by atoms with Crippen molar-refractivity contribution in [3.8, 4) is 23.7 Å². The summed E-state index contributed by atoms with van der Waals surface area (Å²) < 4.78 is 0. The van der Waals surface area contributed by atoms with E-state index in [2.05, 4.69) is 36.3 Å². The fourth-order valence-electron chi connectivity index (χ4n) is 2.22. The van der Waals surface area contributed by atoms with Crippen LogP contribution < -0.4 is 0 Å². The highest BCUT2D eigenvalue weighted by Crippen LogP contribution is 2.19. The molecular formula is C22H13NO2S. The SMILES string of the molecule is O=[N+]([O-])c1cc(C#Cc2ccccc2)ccc1C#Cc1ccc(S)cc1. The van der Waals surface area contributed by atoms with E-state index in [1.54, 1.807) is 12.1 Å². The van der Waals surface area contributed by atoms with Crippen LogP contribution in [0.2, 0.25) is 0 Å². The fraction of sp³-hybridized carbons (Fsp3) is 0. The summed E-state index contributed by atoms with van der Waals surface area (Å²) in [6.07, 6.45) is 0. The van der Waals surface area contributed by atoms with Crippen LogP contribution >= 0.6 is 12.6 Å². The number of hydrogen-bond donors (Lipinski definition) is 1. The summed E-state index contributed by atoms with van der Waals surface area (Å²) in [5.41, 5.74) is 2.50. The van der Waals surface area contributed by atoms with Gasteiger partial charge in [0.05, 0.1) is 4.92 Å². The van der Waals surface area contributed by atoms with Gasteiger partial charge in [-0.25, -0.2) is 0 Å². The molecule has 0 aliphatic heterocycles. The molecule has 0 N–H and O–H groups in total. The van der Waals surface area contributed by atoms with Gasteiger partial charge in [-0.05, 0) is 48.5 Å². The number of nitrogens with zero attached hydrogens (tertiary/aromatic N) is 1. The molecule has 3 nitrogen and oxygen atoms in total. The largest absolute Gasteiger partial charge is 0.286 e. The van der Waals surface area contributed by atoms with E-state index in [9.17, 15) is 10.1 Å². The molecule has 0 saturated heterocycles. The minimum Gasteiger partial charge on any atom is -0.258 e. The van der Waals surface area contributed by atoms with Crippen molar-refractivity contribution in [1.29, 1.82) is 0 Å². The van der Waals surface area contributed by atoms with Crippen LogP contribution in [0.3, 0.4) is 0 Å². The van der Waals surface area contributed by atoms with E-state index in [0.717, 1.165) is 16.0 Å². The van der Waals surface area contributed by atoms with E-state index >= 15 is 0 Å². The molecule has 0 spiro atoms. The Labute approximate surface area is 157 Å². The molecule has 0 aliphatic rings. The maximum absolute atomic E-state index is 11.4. The van der Waals surface area contributed by atoms with Crippen LogP contribution in [0.25, 0.3) is 0 Å². The third-order valence-electron chi connectivity index (χ3n) is 3.53. The summed E-state index contributed by atoms with van der Waals surface area (Å²) >= 11 is 4.22. The van der Waals surface area contributed by atoms with Crippen molar-refractivity contribution in [3.05, 3.63) is 105 Å². The van der Waals surface area contributed by atoms with Gasteiger partial charge in [0.25, 0.3) is 5.69 Å². The first kappa shape index (κ1) is 17.4. The van der Waals surface area contributed by atoms with Gasteiger partial charge in [-0.15, -0.1) is 12.6 Å². The summed E-state index contributed by atoms with van der Waals surface area (Å²) in [4.78, 5) is 11.8. The Hall–Kier alpha value is -3.47. The smallest absolute Gasteiger partial charge is 0.258 e. The van der Waals surface area contributed by atoms with Gasteiger partial charge in [0.2, 0.25) is 0 Å². The van der Waals surface area contributed by atoms with Crippen LogP contribution in [-0.2, 0) is 0 Å². The van der Waals surface area contributed by atoms with Gasteiger partial charge in [0, 0.05) is 27.7 Å². The van der Waals surface area contributed by atoms with E-state index in [1.807, 2.05) is 54.6 Å². The van der Waals surface area contributed by atoms with Crippen molar-refractivity contribution in [3.63, 3.8) is 0 Å². The highest BCUT2D eigenvalue weighted by atomic mass is 32.1. The highest BCUT2D eigenvalue weighted by Gasteiger charge is 2.12. The number of nitro benzene ring substituents is 1. The van der Waals surface area contributed by atoms with E-state index in [0.29, 0.717) is 11.1 Å². The monoisotopic (exact) mass is 355 g/mol. The van der Waals surface area contributed by atoms with Crippen molar-refractivity contribution in [2.45, 2.75) is 4.90 Å². The molecule has 0 aliphatic carbocycles. The van der Waals surface area contributed by atoms with Crippen molar-refractivity contribution >= 4 is 18.3 Å². The van der Waals surface area contributed by atoms with Gasteiger partial charge in [-0.3, -0.25) is 10.1 Å². The molecule has 3 aromatic rings. The Morgan fingerprint density at radius 1 is 0.731 bits per heavy atom. The minimum atomic E-state index is -0.436. The number of benzene rings is 3. The van der Waals surface area contributed by atoms with Gasteiger partial charge < -0.3 is 0 Å². The third-order valence-corrected chi connectivity index (χ3v) is 3.83. The highest BCUT2D eigenvalue weighted by molar-refractivity contribution is 7.80. The first-order chi connectivity index (χ1) is 12.6. The first-order valence-electron chi connectivity index (χ1n) is 7.78. The molecular weight excluding hydrogens is 342 g/mol. The quantitative estimate of drug-likeness (QED) is 0.298. The number of rotatable bonds is 1. The molecule has 124 valence electrons. The maximum atomic E-state index is 11.4. The van der Waals surface area contributed by atoms with Gasteiger partial charge in [-0.1, -0.05) is 41.9 Å². The van der Waals surface area contributed by atoms with Crippen molar-refractivity contribution in [2.24, 2.45) is 0 Å². The Kier molecular flexibility index (Phi) is 5.39. The van der Waals surface area contributed by atoms with Crippen LogP contribution in [-0.4, -0.2) is 4.92 Å². The number of nitro groups is 1. The summed E-state index contributed by atoms with van der Waals surface area (Å²) in [7, 11) is 0. The van der Waals surface area contributed by atoms with Crippen LogP contribution in [0.4, 0.5) is 5.69 Å². The number of thiol groups is 1. The predicted octanol–water partition coefficient (Wildman–Crippen LogP) is 4.68. The summed E-state index contributed by atoms with van der Waals surface area (Å²) in [6, 6.07) is 21.6. The van der Waals surface area contributed by atoms with Crippen molar-refractivity contribution in [1.82, 2.24) is 0 Å². The Morgan fingerprint density at radius 3 is 2.00 bits per heavy atom. The zero-order valence-corrected chi connectivity index (χ0v) is 14.5. The van der Waals surface area contributed by atoms with E-state index in [-0.39, 0.29) is 5.69 Å². The Bertz CT molecular complexity index is 1070. The molecule has 0 bridgehead atoms. The maximum Gasteiger partial charge on any atom is 0.286 e. The lowest BCUT2D eigenvalue weighted by molar-refractivity contribution is -0.385. The van der Waals surface area contributed by atoms with E-state index in [4.69, 9.17) is 0 Å². The van der Waals surface area contributed by atoms with Crippen LogP contribution in [0.15, 0.2) is 77.7 Å². The lowest BCUT2D eigenvalue weighted by Crippen LogP contribution is -1.93. The standard InChI is InChI=1S/C22H13NO2S/c24-23(25)22-16-19(7-6-17-4-2-1-3-5-17)9-13-20(22)12-8-18-10-14-21(26)15-11-18/h1-5,9-11,13-16,26H. The lowest BCUT2D eigenvalue weighted by Gasteiger charge is -1.97. The molecule has 0 radical (unpaired) electrons. The molecule has 0 aromatic heterocycles. The molecule has 4 heteroatoms. The summed E-state index contributed by atoms with van der Waals surface area (Å²) in [5.74, 6) is 11.7. The normalized spacial score (nSPS) is 9.42. The summed E-state index contributed by atoms with van der Waals surface area (Å²) in [5, 5.41) is 11.4. The van der Waals surface area contributed by atoms with Gasteiger partial charge in [0.1, 0.15) is 5.56 Å². The zero-order chi connectivity index (χ0) is 18.4. The number of hydrogen-bond acceptors (Lipinski definition) is 3. The second-order valence-electron chi connectivity index (χ2n) is 5.40. The average molecular weight is 355 g/mol. The second-order valence-corrected chi connectivity index (χ2v) is 5.92. The minimum absolute atomic E-state index is 0.0526. The molecule has 3 rings (SSSR count). The molecule has 0 unspecified atom stereocenters. The van der Waals surface area contributed by atoms with Gasteiger partial charge in [-0.2, -0.15) is 0 Å². The molecule has 0 atom stereocenters. The molecule has 3 aromatic carbocycles. The van der Waals surface area contributed by atoms with Crippen molar-refractivity contribution in [2.75, 3.05) is 0 Å². The van der Waals surface area contributed by atoms with Crippen LogP contribution in [0.1, 0.15) is 22.3 Å². The van der Waals surface area contributed by atoms with Crippen LogP contribution in [0, 0.1) is 33.8 Å². The molecule has 0 heterocycles. The third kappa shape index (κ3) is 4.54. The fourth-order valence-corrected chi connectivity index (χ4v) is 2.37. The average Bonchev–Trinajstić information content (AvgIpc) is 2.67.